The maximum atomic E-state index is 12.3. The fraction of sp³-hybridized carbons (Fsp3) is 0.375. The molecule has 2 rings (SSSR count). The number of carbonyl (C=O) groups is 2. The molecule has 0 radical (unpaired) electrons. The summed E-state index contributed by atoms with van der Waals surface area (Å²) >= 11 is 0. The lowest BCUT2D eigenvalue weighted by atomic mass is 10.2. The molecular weight excluding hydrogens is 306 g/mol. The van der Waals surface area contributed by atoms with Crippen molar-refractivity contribution >= 4 is 17.9 Å². The minimum Gasteiger partial charge on any atom is -0.434 e. The summed E-state index contributed by atoms with van der Waals surface area (Å²) in [5.74, 6) is -0.602. The first-order valence-corrected chi connectivity index (χ1v) is 7.34. The molecule has 1 aliphatic rings. The fourth-order valence-corrected chi connectivity index (χ4v) is 2.29. The Morgan fingerprint density at radius 3 is 2.65 bits per heavy atom. The quantitative estimate of drug-likeness (QED) is 0.815. The largest absolute Gasteiger partial charge is 0.434 e. The van der Waals surface area contributed by atoms with Crippen molar-refractivity contribution in [3.63, 3.8) is 0 Å². The van der Waals surface area contributed by atoms with Crippen LogP contribution in [-0.4, -0.2) is 43.0 Å². The Kier molecular flexibility index (Phi) is 6.08. The first kappa shape index (κ1) is 16.9. The van der Waals surface area contributed by atoms with Crippen molar-refractivity contribution < 1.29 is 23.1 Å². The van der Waals surface area contributed by atoms with Crippen LogP contribution in [0.4, 0.5) is 8.78 Å². The van der Waals surface area contributed by atoms with Crippen molar-refractivity contribution in [2.24, 2.45) is 0 Å². The highest BCUT2D eigenvalue weighted by molar-refractivity contribution is 5.94. The number of hydrogen-bond donors (Lipinski definition) is 1. The van der Waals surface area contributed by atoms with Crippen LogP contribution >= 0.6 is 0 Å². The number of para-hydroxylation sites is 1. The lowest BCUT2D eigenvalue weighted by molar-refractivity contribution is -0.131. The molecule has 1 aromatic carbocycles. The Morgan fingerprint density at radius 1 is 1.26 bits per heavy atom. The van der Waals surface area contributed by atoms with Crippen LogP contribution in [0.25, 0.3) is 6.08 Å². The number of ether oxygens (including phenoxy) is 1. The van der Waals surface area contributed by atoms with Crippen molar-refractivity contribution in [3.05, 3.63) is 35.9 Å². The summed E-state index contributed by atoms with van der Waals surface area (Å²) in [5.41, 5.74) is 0.355. The van der Waals surface area contributed by atoms with Gasteiger partial charge in [0.15, 0.2) is 0 Å². The summed E-state index contributed by atoms with van der Waals surface area (Å²) in [5, 5.41) is 2.48. The lowest BCUT2D eigenvalue weighted by Gasteiger charge is -2.14. The minimum absolute atomic E-state index is 0.0142. The van der Waals surface area contributed by atoms with E-state index in [9.17, 15) is 18.4 Å². The highest BCUT2D eigenvalue weighted by Crippen LogP contribution is 2.21. The van der Waals surface area contributed by atoms with Gasteiger partial charge in [-0.1, -0.05) is 18.2 Å². The van der Waals surface area contributed by atoms with Gasteiger partial charge in [0, 0.05) is 24.7 Å². The Balaban J connectivity index is 1.87. The standard InChI is InChI=1S/C16H18F2N2O3/c17-16(18)23-13-6-2-1-5-12(13)7-8-14(21)19-11-15(22)20-9-3-4-10-20/h1-2,5-8,16H,3-4,9-11H2,(H,19,21)/b8-7+. The van der Waals surface area contributed by atoms with Gasteiger partial charge in [-0.15, -0.1) is 0 Å². The van der Waals surface area contributed by atoms with E-state index in [4.69, 9.17) is 0 Å². The monoisotopic (exact) mass is 324 g/mol. The first-order valence-electron chi connectivity index (χ1n) is 7.34. The molecule has 5 nitrogen and oxygen atoms in total. The van der Waals surface area contributed by atoms with Crippen LogP contribution in [0.3, 0.4) is 0 Å². The fourth-order valence-electron chi connectivity index (χ4n) is 2.29. The van der Waals surface area contributed by atoms with Gasteiger partial charge in [0.2, 0.25) is 11.8 Å². The third-order valence-corrected chi connectivity index (χ3v) is 3.42. The number of nitrogens with zero attached hydrogens (tertiary/aromatic N) is 1. The highest BCUT2D eigenvalue weighted by Gasteiger charge is 2.17. The number of halogens is 2. The maximum absolute atomic E-state index is 12.3. The summed E-state index contributed by atoms with van der Waals surface area (Å²) < 4.78 is 28.9. The van der Waals surface area contributed by atoms with E-state index in [0.717, 1.165) is 25.9 Å². The second-order valence-corrected chi connectivity index (χ2v) is 5.06. The van der Waals surface area contributed by atoms with E-state index in [2.05, 4.69) is 10.1 Å². The van der Waals surface area contributed by atoms with Crippen molar-refractivity contribution in [3.8, 4) is 5.75 Å². The lowest BCUT2D eigenvalue weighted by Crippen LogP contribution is -2.38. The molecule has 1 aromatic rings. The summed E-state index contributed by atoms with van der Waals surface area (Å²) in [6.07, 6.45) is 4.53. The number of benzene rings is 1. The van der Waals surface area contributed by atoms with Crippen LogP contribution < -0.4 is 10.1 Å². The molecule has 0 atom stereocenters. The van der Waals surface area contributed by atoms with Crippen LogP contribution in [0.5, 0.6) is 5.75 Å². The van der Waals surface area contributed by atoms with Gasteiger partial charge in [0.25, 0.3) is 0 Å². The normalized spacial score (nSPS) is 14.5. The summed E-state index contributed by atoms with van der Waals surface area (Å²) in [7, 11) is 0. The first-order chi connectivity index (χ1) is 11.1. The van der Waals surface area contributed by atoms with Crippen LogP contribution in [0.2, 0.25) is 0 Å². The molecule has 23 heavy (non-hydrogen) atoms. The zero-order valence-corrected chi connectivity index (χ0v) is 12.5. The average molecular weight is 324 g/mol. The molecule has 0 unspecified atom stereocenters. The zero-order chi connectivity index (χ0) is 16.7. The topological polar surface area (TPSA) is 58.6 Å². The maximum Gasteiger partial charge on any atom is 0.387 e. The number of amides is 2. The van der Waals surface area contributed by atoms with Gasteiger partial charge in [-0.25, -0.2) is 0 Å². The number of nitrogens with one attached hydrogen (secondary N) is 1. The Hall–Kier alpha value is -2.44. The van der Waals surface area contributed by atoms with Crippen LogP contribution in [-0.2, 0) is 9.59 Å². The van der Waals surface area contributed by atoms with Crippen molar-refractivity contribution in [2.45, 2.75) is 19.5 Å². The van der Waals surface area contributed by atoms with E-state index in [1.54, 1.807) is 23.1 Å². The van der Waals surface area contributed by atoms with E-state index in [1.165, 1.54) is 18.2 Å². The minimum atomic E-state index is -2.93. The van der Waals surface area contributed by atoms with Crippen LogP contribution in [0, 0.1) is 0 Å². The molecule has 0 saturated carbocycles. The Bertz CT molecular complexity index is 584. The Morgan fingerprint density at radius 2 is 1.96 bits per heavy atom. The SMILES string of the molecule is O=C(/C=C/c1ccccc1OC(F)F)NCC(=O)N1CCCC1. The molecule has 0 spiro atoms. The van der Waals surface area contributed by atoms with Crippen LogP contribution in [0.1, 0.15) is 18.4 Å². The molecular formula is C16H18F2N2O3. The number of likely N-dealkylation sites (tertiary alicyclic amines) is 1. The molecule has 0 aliphatic carbocycles. The summed E-state index contributed by atoms with van der Waals surface area (Å²) in [6.45, 7) is -1.55. The molecule has 1 saturated heterocycles. The number of alkyl halides is 2. The molecule has 1 heterocycles. The van der Waals surface area contributed by atoms with Gasteiger partial charge in [-0.3, -0.25) is 9.59 Å². The van der Waals surface area contributed by atoms with Gasteiger partial charge >= 0.3 is 6.61 Å². The molecule has 1 fully saturated rings. The van der Waals surface area contributed by atoms with E-state index >= 15 is 0 Å². The van der Waals surface area contributed by atoms with Gasteiger partial charge in [-0.2, -0.15) is 8.78 Å². The third kappa shape index (κ3) is 5.36. The average Bonchev–Trinajstić information content (AvgIpc) is 3.05. The number of carbonyl (C=O) groups excluding carboxylic acids is 2. The molecule has 124 valence electrons. The summed E-state index contributed by atoms with van der Waals surface area (Å²) in [6, 6.07) is 6.15. The molecule has 0 aromatic heterocycles. The van der Waals surface area contributed by atoms with Gasteiger partial charge < -0.3 is 15.0 Å². The van der Waals surface area contributed by atoms with E-state index in [-0.39, 0.29) is 18.2 Å². The highest BCUT2D eigenvalue weighted by atomic mass is 19.3. The molecule has 1 N–H and O–H groups in total. The predicted molar refractivity (Wildman–Crippen MR) is 80.9 cm³/mol. The molecule has 7 heteroatoms. The van der Waals surface area contributed by atoms with Crippen molar-refractivity contribution in [1.82, 2.24) is 10.2 Å². The second-order valence-electron chi connectivity index (χ2n) is 5.06. The third-order valence-electron chi connectivity index (χ3n) is 3.42. The zero-order valence-electron chi connectivity index (χ0n) is 12.5. The number of hydrogen-bond acceptors (Lipinski definition) is 3. The second kappa shape index (κ2) is 8.26. The number of rotatable bonds is 6. The van der Waals surface area contributed by atoms with E-state index < -0.39 is 12.5 Å². The van der Waals surface area contributed by atoms with E-state index in [0.29, 0.717) is 5.56 Å². The van der Waals surface area contributed by atoms with Gasteiger partial charge in [0.05, 0.1) is 6.54 Å². The smallest absolute Gasteiger partial charge is 0.387 e. The molecule has 1 aliphatic heterocycles. The van der Waals surface area contributed by atoms with Gasteiger partial charge in [-0.05, 0) is 25.0 Å². The van der Waals surface area contributed by atoms with Gasteiger partial charge in [0.1, 0.15) is 5.75 Å². The molecule has 2 amide bonds. The Labute approximate surface area is 132 Å². The molecule has 0 bridgehead atoms. The van der Waals surface area contributed by atoms with Crippen molar-refractivity contribution in [1.29, 1.82) is 0 Å². The van der Waals surface area contributed by atoms with E-state index in [1.807, 2.05) is 0 Å². The predicted octanol–water partition coefficient (Wildman–Crippen LogP) is 2.04. The van der Waals surface area contributed by atoms with Crippen LogP contribution in [0.15, 0.2) is 30.3 Å². The van der Waals surface area contributed by atoms with Crippen molar-refractivity contribution in [2.75, 3.05) is 19.6 Å². The summed E-state index contributed by atoms with van der Waals surface area (Å²) in [4.78, 5) is 25.2.